The second kappa shape index (κ2) is 5.87. The quantitative estimate of drug-likeness (QED) is 0.442. The number of ether oxygens (including phenoxy) is 3. The van der Waals surface area contributed by atoms with Gasteiger partial charge in [0.1, 0.15) is 11.9 Å². The highest BCUT2D eigenvalue weighted by atomic mass is 16.6. The molecule has 0 aromatic heterocycles. The van der Waals surface area contributed by atoms with E-state index < -0.39 is 6.10 Å². The summed E-state index contributed by atoms with van der Waals surface area (Å²) in [5.74, 6) is 0.533. The van der Waals surface area contributed by atoms with Gasteiger partial charge in [0.2, 0.25) is 0 Å². The molecule has 1 aromatic rings. The number of methoxy groups -OCH3 is 1. The summed E-state index contributed by atoms with van der Waals surface area (Å²) in [6.07, 6.45) is 1.57. The highest BCUT2D eigenvalue weighted by molar-refractivity contribution is 5.78. The molecule has 0 saturated carbocycles. The minimum atomic E-state index is -0.443. The molecule has 4 heteroatoms. The Morgan fingerprint density at radius 3 is 2.67 bits per heavy atom. The van der Waals surface area contributed by atoms with Crippen LogP contribution in [0.3, 0.4) is 0 Å². The van der Waals surface area contributed by atoms with Crippen LogP contribution in [-0.4, -0.2) is 25.8 Å². The molecule has 0 amide bonds. The van der Waals surface area contributed by atoms with Crippen LogP contribution in [0, 0.1) is 0 Å². The SMILES string of the molecule is CCCCOc1ccc(C2OC2C(=O)OC)cc1. The summed E-state index contributed by atoms with van der Waals surface area (Å²) in [6, 6.07) is 7.66. The summed E-state index contributed by atoms with van der Waals surface area (Å²) >= 11 is 0. The van der Waals surface area contributed by atoms with Gasteiger partial charge in [0.15, 0.2) is 6.10 Å². The van der Waals surface area contributed by atoms with Crippen LogP contribution in [-0.2, 0) is 14.3 Å². The lowest BCUT2D eigenvalue weighted by atomic mass is 10.1. The van der Waals surface area contributed by atoms with Crippen LogP contribution in [0.2, 0.25) is 0 Å². The van der Waals surface area contributed by atoms with Crippen molar-refractivity contribution in [1.29, 1.82) is 0 Å². The first kappa shape index (κ1) is 12.9. The molecular weight excluding hydrogens is 232 g/mol. The Morgan fingerprint density at radius 1 is 1.33 bits per heavy atom. The number of carbonyl (C=O) groups excluding carboxylic acids is 1. The van der Waals surface area contributed by atoms with Crippen molar-refractivity contribution in [1.82, 2.24) is 0 Å². The maximum Gasteiger partial charge on any atom is 0.338 e. The zero-order valence-corrected chi connectivity index (χ0v) is 10.7. The normalized spacial score (nSPS) is 21.4. The number of benzene rings is 1. The van der Waals surface area contributed by atoms with Crippen LogP contribution < -0.4 is 4.74 Å². The third kappa shape index (κ3) is 3.01. The molecule has 2 unspecified atom stereocenters. The minimum Gasteiger partial charge on any atom is -0.494 e. The lowest BCUT2D eigenvalue weighted by Crippen LogP contribution is -2.09. The Kier molecular flexibility index (Phi) is 4.20. The molecule has 0 spiro atoms. The van der Waals surface area contributed by atoms with Crippen molar-refractivity contribution in [2.45, 2.75) is 32.0 Å². The van der Waals surface area contributed by atoms with E-state index in [0.29, 0.717) is 0 Å². The average Bonchev–Trinajstić information content (AvgIpc) is 3.19. The molecule has 18 heavy (non-hydrogen) atoms. The molecule has 1 heterocycles. The summed E-state index contributed by atoms with van der Waals surface area (Å²) < 4.78 is 15.5. The fourth-order valence-corrected chi connectivity index (χ4v) is 1.75. The van der Waals surface area contributed by atoms with E-state index in [4.69, 9.17) is 9.47 Å². The van der Waals surface area contributed by atoms with Gasteiger partial charge in [-0.2, -0.15) is 0 Å². The molecule has 1 aliphatic heterocycles. The second-order valence-electron chi connectivity index (χ2n) is 4.27. The summed E-state index contributed by atoms with van der Waals surface area (Å²) in [5, 5.41) is 0. The maximum absolute atomic E-state index is 11.2. The van der Waals surface area contributed by atoms with E-state index >= 15 is 0 Å². The Balaban J connectivity index is 1.87. The molecule has 1 aromatic carbocycles. The molecule has 0 bridgehead atoms. The number of hydrogen-bond acceptors (Lipinski definition) is 4. The van der Waals surface area contributed by atoms with E-state index in [2.05, 4.69) is 11.7 Å². The molecule has 2 atom stereocenters. The van der Waals surface area contributed by atoms with Crippen LogP contribution in [0.25, 0.3) is 0 Å². The van der Waals surface area contributed by atoms with Crippen molar-refractivity contribution in [3.05, 3.63) is 29.8 Å². The summed E-state index contributed by atoms with van der Waals surface area (Å²) in [5.41, 5.74) is 0.980. The average molecular weight is 250 g/mol. The zero-order chi connectivity index (χ0) is 13.0. The summed E-state index contributed by atoms with van der Waals surface area (Å²) in [6.45, 7) is 2.87. The van der Waals surface area contributed by atoms with Gasteiger partial charge in [0, 0.05) is 0 Å². The molecule has 0 N–H and O–H groups in total. The largest absolute Gasteiger partial charge is 0.494 e. The van der Waals surface area contributed by atoms with E-state index in [1.54, 1.807) is 0 Å². The highest BCUT2D eigenvalue weighted by Gasteiger charge is 2.47. The number of esters is 1. The molecule has 98 valence electrons. The van der Waals surface area contributed by atoms with Crippen LogP contribution in [0.5, 0.6) is 5.75 Å². The minimum absolute atomic E-state index is 0.165. The molecule has 1 aliphatic rings. The molecule has 1 fully saturated rings. The number of carbonyl (C=O) groups is 1. The van der Waals surface area contributed by atoms with Crippen molar-refractivity contribution >= 4 is 5.97 Å². The lowest BCUT2D eigenvalue weighted by Gasteiger charge is -2.05. The third-order valence-electron chi connectivity index (χ3n) is 2.90. The lowest BCUT2D eigenvalue weighted by molar-refractivity contribution is -0.142. The van der Waals surface area contributed by atoms with Crippen LogP contribution >= 0.6 is 0 Å². The smallest absolute Gasteiger partial charge is 0.338 e. The van der Waals surface area contributed by atoms with Crippen molar-refractivity contribution < 1.29 is 19.0 Å². The van der Waals surface area contributed by atoms with Gasteiger partial charge < -0.3 is 14.2 Å². The molecule has 4 nitrogen and oxygen atoms in total. The highest BCUT2D eigenvalue weighted by Crippen LogP contribution is 2.39. The standard InChI is InChI=1S/C14H18O4/c1-3-4-9-17-11-7-5-10(6-8-11)12-13(18-12)14(15)16-2/h5-8,12-13H,3-4,9H2,1-2H3. The Morgan fingerprint density at radius 2 is 2.06 bits per heavy atom. The zero-order valence-electron chi connectivity index (χ0n) is 10.7. The fourth-order valence-electron chi connectivity index (χ4n) is 1.75. The second-order valence-corrected chi connectivity index (χ2v) is 4.27. The van der Waals surface area contributed by atoms with Crippen molar-refractivity contribution in [3.8, 4) is 5.75 Å². The van der Waals surface area contributed by atoms with Gasteiger partial charge in [0.25, 0.3) is 0 Å². The Bertz CT molecular complexity index is 399. The summed E-state index contributed by atoms with van der Waals surface area (Å²) in [7, 11) is 1.37. The number of rotatable bonds is 6. The monoisotopic (exact) mass is 250 g/mol. The molecule has 0 radical (unpaired) electrons. The topological polar surface area (TPSA) is 48.1 Å². The predicted octanol–water partition coefficient (Wildman–Crippen LogP) is 2.48. The maximum atomic E-state index is 11.2. The molecule has 1 saturated heterocycles. The molecule has 0 aliphatic carbocycles. The first-order valence-corrected chi connectivity index (χ1v) is 6.22. The van der Waals surface area contributed by atoms with Gasteiger partial charge in [-0.1, -0.05) is 25.5 Å². The Hall–Kier alpha value is -1.55. The predicted molar refractivity (Wildman–Crippen MR) is 66.5 cm³/mol. The first-order valence-electron chi connectivity index (χ1n) is 6.22. The third-order valence-corrected chi connectivity index (χ3v) is 2.90. The van der Waals surface area contributed by atoms with Crippen molar-refractivity contribution in [2.75, 3.05) is 13.7 Å². The van der Waals surface area contributed by atoms with Gasteiger partial charge >= 0.3 is 5.97 Å². The fraction of sp³-hybridized carbons (Fsp3) is 0.500. The van der Waals surface area contributed by atoms with Crippen LogP contribution in [0.4, 0.5) is 0 Å². The van der Waals surface area contributed by atoms with Crippen molar-refractivity contribution in [3.63, 3.8) is 0 Å². The van der Waals surface area contributed by atoms with Crippen LogP contribution in [0.1, 0.15) is 31.4 Å². The van der Waals surface area contributed by atoms with Gasteiger partial charge in [-0.25, -0.2) is 4.79 Å². The van der Waals surface area contributed by atoms with Crippen LogP contribution in [0.15, 0.2) is 24.3 Å². The molecule has 2 rings (SSSR count). The van der Waals surface area contributed by atoms with E-state index in [1.165, 1.54) is 7.11 Å². The van der Waals surface area contributed by atoms with Gasteiger partial charge in [-0.3, -0.25) is 0 Å². The van der Waals surface area contributed by atoms with E-state index in [0.717, 1.165) is 30.8 Å². The number of unbranched alkanes of at least 4 members (excludes halogenated alkanes) is 1. The van der Waals surface area contributed by atoms with Gasteiger partial charge in [-0.15, -0.1) is 0 Å². The number of hydrogen-bond donors (Lipinski definition) is 0. The van der Waals surface area contributed by atoms with Gasteiger partial charge in [0.05, 0.1) is 13.7 Å². The van der Waals surface area contributed by atoms with E-state index in [1.807, 2.05) is 24.3 Å². The first-order chi connectivity index (χ1) is 8.76. The van der Waals surface area contributed by atoms with E-state index in [9.17, 15) is 4.79 Å². The van der Waals surface area contributed by atoms with Crippen molar-refractivity contribution in [2.24, 2.45) is 0 Å². The number of epoxide rings is 1. The Labute approximate surface area is 107 Å². The summed E-state index contributed by atoms with van der Waals surface area (Å²) in [4.78, 5) is 11.2. The van der Waals surface area contributed by atoms with E-state index in [-0.39, 0.29) is 12.1 Å². The van der Waals surface area contributed by atoms with Gasteiger partial charge in [-0.05, 0) is 24.1 Å². The molecular formula is C14H18O4.